The zero-order chi connectivity index (χ0) is 21.7. The molecule has 0 unspecified atom stereocenters. The van der Waals surface area contributed by atoms with Gasteiger partial charge in [-0.1, -0.05) is 29.3 Å². The van der Waals surface area contributed by atoms with Crippen LogP contribution in [-0.4, -0.2) is 12.0 Å². The van der Waals surface area contributed by atoms with Crippen LogP contribution in [0.5, 0.6) is 5.75 Å². The number of furan rings is 1. The smallest absolute Gasteiger partial charge is 0.266 e. The lowest BCUT2D eigenvalue weighted by atomic mass is 10.2. The average molecular weight is 441 g/mol. The summed E-state index contributed by atoms with van der Waals surface area (Å²) in [5.74, 6) is 0.977. The third-order valence-corrected chi connectivity index (χ3v) is 4.69. The van der Waals surface area contributed by atoms with Gasteiger partial charge < -0.3 is 14.5 Å². The molecule has 7 heteroatoms. The van der Waals surface area contributed by atoms with Gasteiger partial charge in [-0.25, -0.2) is 0 Å². The zero-order valence-electron chi connectivity index (χ0n) is 16.3. The molecule has 3 rings (SSSR count). The molecule has 1 amide bonds. The highest BCUT2D eigenvalue weighted by Crippen LogP contribution is 2.30. The SMILES string of the molecule is CC(C)Oc1cccc(NC(=O)C(C#N)=Cc2ccc(-c3ccc(Cl)c(Cl)c3)o2)c1. The van der Waals surface area contributed by atoms with Crippen molar-refractivity contribution < 1.29 is 13.9 Å². The Kier molecular flexibility index (Phi) is 6.83. The lowest BCUT2D eigenvalue weighted by Gasteiger charge is -2.11. The summed E-state index contributed by atoms with van der Waals surface area (Å²) in [5, 5.41) is 13.0. The number of carbonyl (C=O) groups excluding carboxylic acids is 1. The quantitative estimate of drug-likeness (QED) is 0.346. The third kappa shape index (κ3) is 5.44. The molecule has 3 aromatic rings. The molecule has 0 atom stereocenters. The molecular formula is C23H18Cl2N2O3. The van der Waals surface area contributed by atoms with Gasteiger partial charge in [-0.2, -0.15) is 5.26 Å². The lowest BCUT2D eigenvalue weighted by molar-refractivity contribution is -0.112. The van der Waals surface area contributed by atoms with Crippen molar-refractivity contribution >= 4 is 40.9 Å². The second-order valence-electron chi connectivity index (χ2n) is 6.65. The summed E-state index contributed by atoms with van der Waals surface area (Å²) < 4.78 is 11.3. The van der Waals surface area contributed by atoms with Crippen molar-refractivity contribution in [2.75, 3.05) is 5.32 Å². The van der Waals surface area contributed by atoms with Gasteiger partial charge in [-0.05, 0) is 56.3 Å². The first kappa shape index (κ1) is 21.5. The number of amides is 1. The van der Waals surface area contributed by atoms with Crippen LogP contribution in [0.25, 0.3) is 17.4 Å². The molecular weight excluding hydrogens is 423 g/mol. The van der Waals surface area contributed by atoms with E-state index in [1.165, 1.54) is 6.08 Å². The van der Waals surface area contributed by atoms with E-state index in [0.717, 1.165) is 5.56 Å². The first-order valence-corrected chi connectivity index (χ1v) is 9.86. The van der Waals surface area contributed by atoms with Crippen molar-refractivity contribution in [3.05, 3.63) is 76.0 Å². The second-order valence-corrected chi connectivity index (χ2v) is 7.46. The number of nitriles is 1. The molecule has 0 saturated carbocycles. The van der Waals surface area contributed by atoms with Crippen LogP contribution in [0.3, 0.4) is 0 Å². The Labute approximate surface area is 184 Å². The molecule has 0 radical (unpaired) electrons. The maximum Gasteiger partial charge on any atom is 0.266 e. The van der Waals surface area contributed by atoms with E-state index in [1.807, 2.05) is 19.9 Å². The van der Waals surface area contributed by atoms with Crippen molar-refractivity contribution in [3.63, 3.8) is 0 Å². The maximum atomic E-state index is 12.5. The molecule has 1 heterocycles. The zero-order valence-corrected chi connectivity index (χ0v) is 17.8. The Balaban J connectivity index is 1.77. The summed E-state index contributed by atoms with van der Waals surface area (Å²) >= 11 is 12.0. The minimum absolute atomic E-state index is 0.00851. The molecule has 0 bridgehead atoms. The summed E-state index contributed by atoms with van der Waals surface area (Å²) in [7, 11) is 0. The Hall–Kier alpha value is -3.20. The highest BCUT2D eigenvalue weighted by Gasteiger charge is 2.13. The van der Waals surface area contributed by atoms with E-state index in [2.05, 4.69) is 5.32 Å². The third-order valence-electron chi connectivity index (χ3n) is 3.95. The number of anilines is 1. The number of hydrogen-bond acceptors (Lipinski definition) is 4. The van der Waals surface area contributed by atoms with Crippen LogP contribution in [0.15, 0.2) is 64.6 Å². The van der Waals surface area contributed by atoms with Gasteiger partial charge in [0.05, 0.1) is 16.1 Å². The first-order valence-electron chi connectivity index (χ1n) is 9.11. The van der Waals surface area contributed by atoms with E-state index in [-0.39, 0.29) is 11.7 Å². The molecule has 0 fully saturated rings. The molecule has 30 heavy (non-hydrogen) atoms. The predicted octanol–water partition coefficient (Wildman–Crippen LogP) is 6.59. The van der Waals surface area contributed by atoms with Gasteiger partial charge in [0.1, 0.15) is 28.9 Å². The van der Waals surface area contributed by atoms with Crippen molar-refractivity contribution in [3.8, 4) is 23.1 Å². The number of nitrogens with one attached hydrogen (secondary N) is 1. The van der Waals surface area contributed by atoms with Crippen molar-refractivity contribution in [1.82, 2.24) is 0 Å². The number of rotatable bonds is 6. The highest BCUT2D eigenvalue weighted by atomic mass is 35.5. The van der Waals surface area contributed by atoms with Gasteiger partial charge in [-0.15, -0.1) is 0 Å². The fourth-order valence-corrected chi connectivity index (χ4v) is 2.94. The molecule has 0 aliphatic rings. The van der Waals surface area contributed by atoms with E-state index >= 15 is 0 Å². The molecule has 2 aromatic carbocycles. The molecule has 0 spiro atoms. The summed E-state index contributed by atoms with van der Waals surface area (Å²) in [6.45, 7) is 3.83. The molecule has 152 valence electrons. The lowest BCUT2D eigenvalue weighted by Crippen LogP contribution is -2.13. The van der Waals surface area contributed by atoms with Gasteiger partial charge in [0.15, 0.2) is 0 Å². The molecule has 0 aliphatic heterocycles. The number of ether oxygens (including phenoxy) is 1. The predicted molar refractivity (Wildman–Crippen MR) is 119 cm³/mol. The minimum atomic E-state index is -0.549. The van der Waals surface area contributed by atoms with Crippen molar-refractivity contribution in [2.24, 2.45) is 0 Å². The van der Waals surface area contributed by atoms with Crippen LogP contribution in [0.4, 0.5) is 5.69 Å². The first-order chi connectivity index (χ1) is 14.4. The van der Waals surface area contributed by atoms with Crippen LogP contribution in [0.2, 0.25) is 10.0 Å². The maximum absolute atomic E-state index is 12.5. The van der Waals surface area contributed by atoms with Gasteiger partial charge in [0.25, 0.3) is 5.91 Å². The van der Waals surface area contributed by atoms with Gasteiger partial charge in [0.2, 0.25) is 0 Å². The van der Waals surface area contributed by atoms with E-state index in [1.54, 1.807) is 54.6 Å². The Morgan fingerprint density at radius 1 is 1.13 bits per heavy atom. The monoisotopic (exact) mass is 440 g/mol. The molecule has 1 aromatic heterocycles. The van der Waals surface area contributed by atoms with Gasteiger partial charge in [-0.3, -0.25) is 4.79 Å². The summed E-state index contributed by atoms with van der Waals surface area (Å²) in [4.78, 5) is 12.5. The van der Waals surface area contributed by atoms with E-state index in [0.29, 0.717) is 33.0 Å². The Morgan fingerprint density at radius 2 is 1.93 bits per heavy atom. The number of nitrogens with zero attached hydrogens (tertiary/aromatic N) is 1. The summed E-state index contributed by atoms with van der Waals surface area (Å²) in [5.41, 5.74) is 1.16. The number of carbonyl (C=O) groups is 1. The summed E-state index contributed by atoms with van der Waals surface area (Å²) in [6.07, 6.45) is 1.39. The second kappa shape index (κ2) is 9.53. The van der Waals surface area contributed by atoms with Gasteiger partial charge in [0, 0.05) is 23.4 Å². The minimum Gasteiger partial charge on any atom is -0.491 e. The van der Waals surface area contributed by atoms with Crippen LogP contribution >= 0.6 is 23.2 Å². The highest BCUT2D eigenvalue weighted by molar-refractivity contribution is 6.42. The molecule has 0 saturated heterocycles. The van der Waals surface area contributed by atoms with Crippen molar-refractivity contribution in [2.45, 2.75) is 20.0 Å². The summed E-state index contributed by atoms with van der Waals surface area (Å²) in [6, 6.07) is 17.4. The molecule has 0 aliphatic carbocycles. The largest absolute Gasteiger partial charge is 0.491 e. The molecule has 1 N–H and O–H groups in total. The van der Waals surface area contributed by atoms with Crippen LogP contribution in [0, 0.1) is 11.3 Å². The van der Waals surface area contributed by atoms with Crippen LogP contribution in [-0.2, 0) is 4.79 Å². The fourth-order valence-electron chi connectivity index (χ4n) is 2.64. The van der Waals surface area contributed by atoms with E-state index in [4.69, 9.17) is 32.4 Å². The fraction of sp³-hybridized carbons (Fsp3) is 0.130. The normalized spacial score (nSPS) is 11.3. The topological polar surface area (TPSA) is 75.3 Å². The molecule has 5 nitrogen and oxygen atoms in total. The Morgan fingerprint density at radius 3 is 2.63 bits per heavy atom. The average Bonchev–Trinajstić information content (AvgIpc) is 3.16. The van der Waals surface area contributed by atoms with Gasteiger partial charge >= 0.3 is 0 Å². The van der Waals surface area contributed by atoms with Crippen molar-refractivity contribution in [1.29, 1.82) is 5.26 Å². The van der Waals surface area contributed by atoms with E-state index in [9.17, 15) is 10.1 Å². The van der Waals surface area contributed by atoms with E-state index < -0.39 is 5.91 Å². The Bertz CT molecular complexity index is 1140. The number of hydrogen-bond donors (Lipinski definition) is 1. The van der Waals surface area contributed by atoms with Crippen LogP contribution < -0.4 is 10.1 Å². The number of halogens is 2. The standard InChI is InChI=1S/C23H18Cl2N2O3/c1-14(2)29-18-5-3-4-17(12-18)27-23(28)16(13-26)10-19-7-9-22(30-19)15-6-8-20(24)21(25)11-15/h3-12,14H,1-2H3,(H,27,28). The van der Waals surface area contributed by atoms with Crippen LogP contribution in [0.1, 0.15) is 19.6 Å². The number of benzene rings is 2.